The van der Waals surface area contributed by atoms with Crippen molar-refractivity contribution in [2.45, 2.75) is 25.7 Å². The number of hydrogen-bond acceptors (Lipinski definition) is 0. The van der Waals surface area contributed by atoms with Crippen molar-refractivity contribution < 1.29 is 0 Å². The van der Waals surface area contributed by atoms with E-state index in [0.717, 1.165) is 6.42 Å². The maximum atomic E-state index is 2.25. The third kappa shape index (κ3) is 4.07. The average molecular weight is 365 g/mol. The highest BCUT2D eigenvalue weighted by atomic mass is 14.4. The van der Waals surface area contributed by atoms with Crippen LogP contribution in [0.2, 0.25) is 0 Å². The van der Waals surface area contributed by atoms with E-state index in [1.54, 1.807) is 0 Å². The topological polar surface area (TPSA) is 0 Å². The Balaban J connectivity index is 0.00000109. The minimum absolute atomic E-state index is 0.217. The summed E-state index contributed by atoms with van der Waals surface area (Å²) < 4.78 is 0. The molecule has 0 atom stereocenters. The van der Waals surface area contributed by atoms with E-state index in [1.165, 1.54) is 22.3 Å². The third-order valence-corrected chi connectivity index (χ3v) is 5.11. The fourth-order valence-corrected chi connectivity index (χ4v) is 3.88. The van der Waals surface area contributed by atoms with Crippen LogP contribution in [-0.2, 0) is 11.8 Å². The molecule has 0 heterocycles. The van der Waals surface area contributed by atoms with Crippen molar-refractivity contribution in [1.29, 1.82) is 0 Å². The van der Waals surface area contributed by atoms with Crippen molar-refractivity contribution in [3.8, 4) is 0 Å². The molecule has 0 amide bonds. The Labute approximate surface area is 169 Å². The molecule has 0 aliphatic carbocycles. The zero-order valence-electron chi connectivity index (χ0n) is 16.8. The molecular formula is C28H28. The van der Waals surface area contributed by atoms with Gasteiger partial charge in [0, 0.05) is 5.41 Å². The van der Waals surface area contributed by atoms with Gasteiger partial charge in [0.2, 0.25) is 0 Å². The van der Waals surface area contributed by atoms with E-state index in [-0.39, 0.29) is 5.41 Å². The Morgan fingerprint density at radius 1 is 0.429 bits per heavy atom. The first-order valence-corrected chi connectivity index (χ1v) is 10.1. The maximum Gasteiger partial charge on any atom is 0.0491 e. The number of benzene rings is 4. The van der Waals surface area contributed by atoms with Crippen LogP contribution < -0.4 is 0 Å². The number of hydrogen-bond donors (Lipinski definition) is 0. The van der Waals surface area contributed by atoms with Gasteiger partial charge >= 0.3 is 0 Å². The highest BCUT2D eigenvalue weighted by molar-refractivity contribution is 5.52. The molecule has 140 valence electrons. The summed E-state index contributed by atoms with van der Waals surface area (Å²) in [5.74, 6) is 0. The van der Waals surface area contributed by atoms with Crippen LogP contribution in [0.5, 0.6) is 0 Å². The van der Waals surface area contributed by atoms with Gasteiger partial charge in [-0.2, -0.15) is 0 Å². The molecule has 0 bridgehead atoms. The lowest BCUT2D eigenvalue weighted by molar-refractivity contribution is 0.613. The molecule has 0 aliphatic rings. The van der Waals surface area contributed by atoms with Gasteiger partial charge in [0.15, 0.2) is 0 Å². The van der Waals surface area contributed by atoms with E-state index in [1.807, 2.05) is 13.8 Å². The van der Waals surface area contributed by atoms with Crippen LogP contribution in [0.4, 0.5) is 0 Å². The maximum absolute atomic E-state index is 2.25. The normalized spacial score (nSPS) is 10.6. The quantitative estimate of drug-likeness (QED) is 0.326. The van der Waals surface area contributed by atoms with Gasteiger partial charge in [-0.05, 0) is 28.7 Å². The van der Waals surface area contributed by atoms with Gasteiger partial charge in [0.25, 0.3) is 0 Å². The Morgan fingerprint density at radius 2 is 0.714 bits per heavy atom. The van der Waals surface area contributed by atoms with Gasteiger partial charge < -0.3 is 0 Å². The predicted octanol–water partition coefficient (Wildman–Crippen LogP) is 7.29. The molecule has 4 rings (SSSR count). The molecule has 4 aromatic rings. The summed E-state index contributed by atoms with van der Waals surface area (Å²) in [5, 5.41) is 0. The molecule has 0 nitrogen and oxygen atoms in total. The van der Waals surface area contributed by atoms with Crippen molar-refractivity contribution in [2.75, 3.05) is 0 Å². The second-order valence-corrected chi connectivity index (χ2v) is 6.67. The summed E-state index contributed by atoms with van der Waals surface area (Å²) >= 11 is 0. The molecule has 4 aromatic carbocycles. The van der Waals surface area contributed by atoms with E-state index in [2.05, 4.69) is 121 Å². The van der Waals surface area contributed by atoms with Crippen LogP contribution in [0.3, 0.4) is 0 Å². The predicted molar refractivity (Wildman–Crippen MR) is 121 cm³/mol. The van der Waals surface area contributed by atoms with Gasteiger partial charge in [0.1, 0.15) is 0 Å². The van der Waals surface area contributed by atoms with E-state index in [9.17, 15) is 0 Å². The van der Waals surface area contributed by atoms with Crippen LogP contribution in [0.25, 0.3) is 0 Å². The van der Waals surface area contributed by atoms with Crippen molar-refractivity contribution in [2.24, 2.45) is 0 Å². The first-order chi connectivity index (χ1) is 13.9. The van der Waals surface area contributed by atoms with Crippen molar-refractivity contribution in [1.82, 2.24) is 0 Å². The Kier molecular flexibility index (Phi) is 6.81. The highest BCUT2D eigenvalue weighted by Gasteiger charge is 2.36. The van der Waals surface area contributed by atoms with E-state index in [0.29, 0.717) is 0 Å². The third-order valence-electron chi connectivity index (χ3n) is 5.11. The fourth-order valence-electron chi connectivity index (χ4n) is 3.88. The van der Waals surface area contributed by atoms with Gasteiger partial charge in [-0.3, -0.25) is 0 Å². The van der Waals surface area contributed by atoms with Crippen LogP contribution in [0.1, 0.15) is 36.1 Å². The van der Waals surface area contributed by atoms with Crippen molar-refractivity contribution in [3.63, 3.8) is 0 Å². The summed E-state index contributed by atoms with van der Waals surface area (Å²) in [7, 11) is 0. The first-order valence-electron chi connectivity index (χ1n) is 10.1. The smallest absolute Gasteiger partial charge is 0.0491 e. The summed E-state index contributed by atoms with van der Waals surface area (Å²) in [5.41, 5.74) is 5.08. The van der Waals surface area contributed by atoms with Crippen LogP contribution in [0, 0.1) is 0 Å². The van der Waals surface area contributed by atoms with E-state index < -0.39 is 0 Å². The molecule has 0 aromatic heterocycles. The lowest BCUT2D eigenvalue weighted by atomic mass is 9.66. The lowest BCUT2D eigenvalue weighted by Gasteiger charge is -2.36. The van der Waals surface area contributed by atoms with Crippen LogP contribution in [-0.4, -0.2) is 0 Å². The second-order valence-electron chi connectivity index (χ2n) is 6.67. The molecule has 0 saturated carbocycles. The van der Waals surface area contributed by atoms with Gasteiger partial charge in [-0.25, -0.2) is 0 Å². The molecule has 28 heavy (non-hydrogen) atoms. The van der Waals surface area contributed by atoms with Gasteiger partial charge in [0.05, 0.1) is 0 Å². The Bertz CT molecular complexity index is 830. The standard InChI is InChI=1S/C26H22.C2H6/c1-5-13-22(14-6-1)21-26(23-15-7-2-8-16-23,24-17-9-3-10-18-24)25-19-11-4-12-20-25;1-2/h1-20H,21H2;1-2H3. The minimum Gasteiger partial charge on any atom is -0.0683 e. The molecule has 0 heteroatoms. The summed E-state index contributed by atoms with van der Waals surface area (Å²) in [6, 6.07) is 43.4. The zero-order chi connectivity index (χ0) is 19.7. The van der Waals surface area contributed by atoms with Crippen LogP contribution >= 0.6 is 0 Å². The second kappa shape index (κ2) is 9.71. The minimum atomic E-state index is -0.217. The largest absolute Gasteiger partial charge is 0.0683 e. The molecule has 0 spiro atoms. The zero-order valence-corrected chi connectivity index (χ0v) is 16.8. The Morgan fingerprint density at radius 3 is 1.04 bits per heavy atom. The van der Waals surface area contributed by atoms with Crippen LogP contribution in [0.15, 0.2) is 121 Å². The lowest BCUT2D eigenvalue weighted by Crippen LogP contribution is -2.32. The molecular weight excluding hydrogens is 336 g/mol. The van der Waals surface area contributed by atoms with Crippen molar-refractivity contribution >= 4 is 0 Å². The molecule has 0 fully saturated rings. The van der Waals surface area contributed by atoms with Gasteiger partial charge in [-0.1, -0.05) is 135 Å². The molecule has 0 aliphatic heterocycles. The first kappa shape index (κ1) is 19.6. The molecule has 0 N–H and O–H groups in total. The van der Waals surface area contributed by atoms with Crippen molar-refractivity contribution in [3.05, 3.63) is 144 Å². The Hall–Kier alpha value is -3.12. The molecule has 0 radical (unpaired) electrons. The number of rotatable bonds is 5. The molecule has 0 unspecified atom stereocenters. The fraction of sp³-hybridized carbons (Fsp3) is 0.143. The summed E-state index contributed by atoms with van der Waals surface area (Å²) in [4.78, 5) is 0. The highest BCUT2D eigenvalue weighted by Crippen LogP contribution is 2.41. The SMILES string of the molecule is CC.c1ccc(CC(c2ccccc2)(c2ccccc2)c2ccccc2)cc1. The molecule has 0 saturated heterocycles. The van der Waals surface area contributed by atoms with E-state index >= 15 is 0 Å². The monoisotopic (exact) mass is 364 g/mol. The van der Waals surface area contributed by atoms with E-state index in [4.69, 9.17) is 0 Å². The summed E-state index contributed by atoms with van der Waals surface area (Å²) in [6.07, 6.45) is 0.922. The average Bonchev–Trinajstić information content (AvgIpc) is 2.81. The van der Waals surface area contributed by atoms with Gasteiger partial charge in [-0.15, -0.1) is 0 Å². The summed E-state index contributed by atoms with van der Waals surface area (Å²) in [6.45, 7) is 4.00.